The summed E-state index contributed by atoms with van der Waals surface area (Å²) in [6.07, 6.45) is 0.249. The zero-order valence-corrected chi connectivity index (χ0v) is 13.8. The van der Waals surface area contributed by atoms with Crippen molar-refractivity contribution in [3.8, 4) is 11.5 Å². The fourth-order valence-corrected chi connectivity index (χ4v) is 2.20. The van der Waals surface area contributed by atoms with Gasteiger partial charge in [-0.3, -0.25) is 4.79 Å². The van der Waals surface area contributed by atoms with Gasteiger partial charge in [0.25, 0.3) is 5.91 Å². The third kappa shape index (κ3) is 5.02. The summed E-state index contributed by atoms with van der Waals surface area (Å²) in [5.41, 5.74) is 2.17. The van der Waals surface area contributed by atoms with Crippen LogP contribution in [0.5, 0.6) is 11.5 Å². The van der Waals surface area contributed by atoms with Crippen molar-refractivity contribution in [1.82, 2.24) is 5.32 Å². The van der Waals surface area contributed by atoms with E-state index < -0.39 is 6.10 Å². The summed E-state index contributed by atoms with van der Waals surface area (Å²) in [5, 5.41) is 2.90. The molecular weight excluding hydrogens is 290 g/mol. The topological polar surface area (TPSA) is 47.6 Å². The highest BCUT2D eigenvalue weighted by Gasteiger charge is 2.14. The zero-order valence-electron chi connectivity index (χ0n) is 13.8. The standard InChI is InChI=1S/C19H23NO3/c1-14-6-4-5-7-18(14)23-15(2)19(21)20-13-12-16-8-10-17(22-3)11-9-16/h4-11,15H,12-13H2,1-3H3,(H,20,21)/t15-/m1/s1. The first-order valence-corrected chi connectivity index (χ1v) is 7.73. The molecule has 0 spiro atoms. The van der Waals surface area contributed by atoms with Gasteiger partial charge in [-0.05, 0) is 49.6 Å². The van der Waals surface area contributed by atoms with Crippen LogP contribution in [0.3, 0.4) is 0 Å². The van der Waals surface area contributed by atoms with E-state index in [4.69, 9.17) is 9.47 Å². The molecule has 0 unspecified atom stereocenters. The van der Waals surface area contributed by atoms with Crippen molar-refractivity contribution in [3.05, 3.63) is 59.7 Å². The number of hydrogen-bond acceptors (Lipinski definition) is 3. The molecule has 0 aliphatic carbocycles. The highest BCUT2D eigenvalue weighted by atomic mass is 16.5. The molecule has 0 fully saturated rings. The van der Waals surface area contributed by atoms with Crippen molar-refractivity contribution in [2.24, 2.45) is 0 Å². The van der Waals surface area contributed by atoms with Gasteiger partial charge in [0.1, 0.15) is 11.5 Å². The molecule has 23 heavy (non-hydrogen) atoms. The summed E-state index contributed by atoms with van der Waals surface area (Å²) < 4.78 is 10.8. The molecule has 0 saturated carbocycles. The molecule has 1 N–H and O–H groups in total. The number of methoxy groups -OCH3 is 1. The molecule has 0 aliphatic heterocycles. The van der Waals surface area contributed by atoms with Crippen molar-refractivity contribution in [2.45, 2.75) is 26.4 Å². The minimum Gasteiger partial charge on any atom is -0.497 e. The quantitative estimate of drug-likeness (QED) is 0.854. The lowest BCUT2D eigenvalue weighted by molar-refractivity contribution is -0.127. The SMILES string of the molecule is COc1ccc(CCNC(=O)[C@@H](C)Oc2ccccc2C)cc1. The molecule has 0 aliphatic rings. The van der Waals surface area contributed by atoms with E-state index in [1.807, 2.05) is 55.5 Å². The van der Waals surface area contributed by atoms with Crippen LogP contribution >= 0.6 is 0 Å². The van der Waals surface area contributed by atoms with Gasteiger partial charge in [0.05, 0.1) is 7.11 Å². The monoisotopic (exact) mass is 313 g/mol. The van der Waals surface area contributed by atoms with Crippen molar-refractivity contribution in [2.75, 3.05) is 13.7 Å². The summed E-state index contributed by atoms with van der Waals surface area (Å²) in [4.78, 5) is 12.1. The number of ether oxygens (including phenoxy) is 2. The van der Waals surface area contributed by atoms with Crippen LogP contribution in [0.15, 0.2) is 48.5 Å². The Balaban J connectivity index is 1.78. The fraction of sp³-hybridized carbons (Fsp3) is 0.316. The summed E-state index contributed by atoms with van der Waals surface area (Å²) in [6.45, 7) is 4.30. The third-order valence-electron chi connectivity index (χ3n) is 3.64. The fourth-order valence-electron chi connectivity index (χ4n) is 2.20. The van der Waals surface area contributed by atoms with Crippen LogP contribution < -0.4 is 14.8 Å². The van der Waals surface area contributed by atoms with Gasteiger partial charge in [-0.1, -0.05) is 30.3 Å². The van der Waals surface area contributed by atoms with Crippen LogP contribution in [0.25, 0.3) is 0 Å². The van der Waals surface area contributed by atoms with Crippen molar-refractivity contribution in [3.63, 3.8) is 0 Å². The molecule has 0 aromatic heterocycles. The van der Waals surface area contributed by atoms with Gasteiger partial charge in [-0.15, -0.1) is 0 Å². The van der Waals surface area contributed by atoms with Crippen LogP contribution in [-0.2, 0) is 11.2 Å². The first kappa shape index (κ1) is 16.9. The molecule has 0 heterocycles. The van der Waals surface area contributed by atoms with Crippen LogP contribution in [-0.4, -0.2) is 25.7 Å². The molecular formula is C19H23NO3. The Morgan fingerprint density at radius 1 is 1.13 bits per heavy atom. The molecule has 2 aromatic rings. The summed E-state index contributed by atoms with van der Waals surface area (Å²) in [5.74, 6) is 1.46. The summed E-state index contributed by atoms with van der Waals surface area (Å²) >= 11 is 0. The highest BCUT2D eigenvalue weighted by Crippen LogP contribution is 2.17. The van der Waals surface area contributed by atoms with Crippen LogP contribution in [0, 0.1) is 6.92 Å². The lowest BCUT2D eigenvalue weighted by atomic mass is 10.1. The lowest BCUT2D eigenvalue weighted by Crippen LogP contribution is -2.37. The Morgan fingerprint density at radius 2 is 1.83 bits per heavy atom. The van der Waals surface area contributed by atoms with Gasteiger partial charge < -0.3 is 14.8 Å². The van der Waals surface area contributed by atoms with E-state index in [1.54, 1.807) is 14.0 Å². The third-order valence-corrected chi connectivity index (χ3v) is 3.64. The molecule has 1 amide bonds. The molecule has 2 rings (SSSR count). The van der Waals surface area contributed by atoms with Crippen LogP contribution in [0.2, 0.25) is 0 Å². The number of para-hydroxylation sites is 1. The molecule has 2 aromatic carbocycles. The number of rotatable bonds is 7. The maximum absolute atomic E-state index is 12.1. The van der Waals surface area contributed by atoms with Crippen molar-refractivity contribution >= 4 is 5.91 Å². The Labute approximate surface area is 137 Å². The summed E-state index contributed by atoms with van der Waals surface area (Å²) in [7, 11) is 1.64. The number of nitrogens with one attached hydrogen (secondary N) is 1. The van der Waals surface area contributed by atoms with E-state index in [0.29, 0.717) is 6.54 Å². The largest absolute Gasteiger partial charge is 0.497 e. The highest BCUT2D eigenvalue weighted by molar-refractivity contribution is 5.80. The molecule has 0 radical (unpaired) electrons. The molecule has 4 heteroatoms. The van der Waals surface area contributed by atoms with Gasteiger partial charge in [0, 0.05) is 6.54 Å². The molecule has 0 bridgehead atoms. The van der Waals surface area contributed by atoms with Gasteiger partial charge in [-0.2, -0.15) is 0 Å². The van der Waals surface area contributed by atoms with E-state index in [0.717, 1.165) is 29.0 Å². The maximum Gasteiger partial charge on any atom is 0.260 e. The number of amides is 1. The number of benzene rings is 2. The van der Waals surface area contributed by atoms with E-state index >= 15 is 0 Å². The molecule has 122 valence electrons. The predicted molar refractivity (Wildman–Crippen MR) is 91.0 cm³/mol. The second-order valence-corrected chi connectivity index (χ2v) is 5.41. The van der Waals surface area contributed by atoms with Gasteiger partial charge >= 0.3 is 0 Å². The first-order chi connectivity index (χ1) is 11.1. The Morgan fingerprint density at radius 3 is 2.48 bits per heavy atom. The van der Waals surface area contributed by atoms with Gasteiger partial charge in [0.15, 0.2) is 6.10 Å². The average Bonchev–Trinajstić information content (AvgIpc) is 2.57. The lowest BCUT2D eigenvalue weighted by Gasteiger charge is -2.16. The van der Waals surface area contributed by atoms with Gasteiger partial charge in [0.2, 0.25) is 0 Å². The van der Waals surface area contributed by atoms with Crippen LogP contribution in [0.1, 0.15) is 18.1 Å². The minimum absolute atomic E-state index is 0.109. The van der Waals surface area contributed by atoms with Crippen molar-refractivity contribution in [1.29, 1.82) is 0 Å². The molecule has 0 saturated heterocycles. The Bertz CT molecular complexity index is 637. The summed E-state index contributed by atoms with van der Waals surface area (Å²) in [6, 6.07) is 15.5. The van der Waals surface area contributed by atoms with Crippen LogP contribution in [0.4, 0.5) is 0 Å². The number of hydrogen-bond donors (Lipinski definition) is 1. The Hall–Kier alpha value is -2.49. The minimum atomic E-state index is -0.521. The van der Waals surface area contributed by atoms with E-state index in [1.165, 1.54) is 0 Å². The second-order valence-electron chi connectivity index (χ2n) is 5.41. The first-order valence-electron chi connectivity index (χ1n) is 7.73. The number of carbonyl (C=O) groups is 1. The maximum atomic E-state index is 12.1. The zero-order chi connectivity index (χ0) is 16.7. The van der Waals surface area contributed by atoms with E-state index in [9.17, 15) is 4.79 Å². The van der Waals surface area contributed by atoms with Gasteiger partial charge in [-0.25, -0.2) is 0 Å². The Kier molecular flexibility index (Phi) is 6.03. The van der Waals surface area contributed by atoms with E-state index in [-0.39, 0.29) is 5.91 Å². The second kappa shape index (κ2) is 8.22. The molecule has 4 nitrogen and oxygen atoms in total. The number of aryl methyl sites for hydroxylation is 1. The normalized spacial score (nSPS) is 11.6. The van der Waals surface area contributed by atoms with Crippen molar-refractivity contribution < 1.29 is 14.3 Å². The predicted octanol–water partition coefficient (Wildman–Crippen LogP) is 3.13. The molecule has 1 atom stereocenters. The van der Waals surface area contributed by atoms with E-state index in [2.05, 4.69) is 5.32 Å². The number of carbonyl (C=O) groups excluding carboxylic acids is 1. The average molecular weight is 313 g/mol. The smallest absolute Gasteiger partial charge is 0.260 e.